The molecule has 0 bridgehead atoms. The largest absolute Gasteiger partial charge is 0.375 e. The predicted octanol–water partition coefficient (Wildman–Crippen LogP) is 1.26. The van der Waals surface area contributed by atoms with E-state index in [1.807, 2.05) is 12.3 Å². The first-order valence-electron chi connectivity index (χ1n) is 12.4. The molecule has 9 nitrogen and oxygen atoms in total. The Kier molecular flexibility index (Phi) is 8.16. The Morgan fingerprint density at radius 2 is 1.61 bits per heavy atom. The second kappa shape index (κ2) is 11.3. The molecule has 1 aromatic heterocycles. The minimum Gasteiger partial charge on any atom is -0.375 e. The SMILES string of the molecule is CCN1CCC(OC2CCN(CCn3cccc(CN4CCC(=O)NC4=O)c3=O)CC2)CC1. The zero-order valence-corrected chi connectivity index (χ0v) is 19.7. The van der Waals surface area contributed by atoms with Crippen LogP contribution in [0.2, 0.25) is 0 Å². The fraction of sp³-hybridized carbons (Fsp3) is 0.708. The van der Waals surface area contributed by atoms with Crippen LogP contribution in [0, 0.1) is 0 Å². The molecule has 4 rings (SSSR count). The van der Waals surface area contributed by atoms with E-state index >= 15 is 0 Å². The molecule has 1 aromatic rings. The molecule has 0 unspecified atom stereocenters. The van der Waals surface area contributed by atoms with Gasteiger partial charge in [-0.05, 0) is 38.3 Å². The summed E-state index contributed by atoms with van der Waals surface area (Å²) in [6.45, 7) is 9.64. The van der Waals surface area contributed by atoms with Crippen molar-refractivity contribution in [2.75, 3.05) is 45.8 Å². The maximum Gasteiger partial charge on any atom is 0.324 e. The fourth-order valence-electron chi connectivity index (χ4n) is 4.99. The molecule has 3 fully saturated rings. The van der Waals surface area contributed by atoms with Crippen LogP contribution in [0.4, 0.5) is 4.79 Å². The zero-order chi connectivity index (χ0) is 23.2. The van der Waals surface area contributed by atoms with Gasteiger partial charge in [-0.1, -0.05) is 13.0 Å². The summed E-state index contributed by atoms with van der Waals surface area (Å²) in [4.78, 5) is 42.6. The van der Waals surface area contributed by atoms with Crippen LogP contribution >= 0.6 is 0 Å². The minimum absolute atomic E-state index is 0.0705. The van der Waals surface area contributed by atoms with Gasteiger partial charge in [0, 0.05) is 64.0 Å². The molecule has 9 heteroatoms. The molecule has 0 spiro atoms. The van der Waals surface area contributed by atoms with Crippen molar-refractivity contribution in [3.63, 3.8) is 0 Å². The Morgan fingerprint density at radius 1 is 0.939 bits per heavy atom. The van der Waals surface area contributed by atoms with Crippen LogP contribution in [0.5, 0.6) is 0 Å². The van der Waals surface area contributed by atoms with Gasteiger partial charge in [0.15, 0.2) is 0 Å². The van der Waals surface area contributed by atoms with Gasteiger partial charge in [-0.2, -0.15) is 0 Å². The second-order valence-corrected chi connectivity index (χ2v) is 9.37. The third kappa shape index (κ3) is 6.43. The number of carbonyl (C=O) groups excluding carboxylic acids is 2. The number of nitrogens with one attached hydrogen (secondary N) is 1. The highest BCUT2D eigenvalue weighted by Crippen LogP contribution is 2.21. The lowest BCUT2D eigenvalue weighted by Crippen LogP contribution is -2.49. The van der Waals surface area contributed by atoms with Gasteiger partial charge < -0.3 is 24.0 Å². The minimum atomic E-state index is -0.429. The highest BCUT2D eigenvalue weighted by Gasteiger charge is 2.26. The van der Waals surface area contributed by atoms with E-state index in [4.69, 9.17) is 4.74 Å². The summed E-state index contributed by atoms with van der Waals surface area (Å²) in [5.74, 6) is -0.266. The van der Waals surface area contributed by atoms with Gasteiger partial charge in [0.25, 0.3) is 5.56 Å². The van der Waals surface area contributed by atoms with E-state index in [9.17, 15) is 14.4 Å². The van der Waals surface area contributed by atoms with E-state index in [0.29, 0.717) is 30.9 Å². The monoisotopic (exact) mass is 459 g/mol. The lowest BCUT2D eigenvalue weighted by molar-refractivity contribution is -0.121. The first-order chi connectivity index (χ1) is 16.0. The third-order valence-corrected chi connectivity index (χ3v) is 7.16. The van der Waals surface area contributed by atoms with E-state index < -0.39 is 6.03 Å². The Labute approximate surface area is 195 Å². The molecule has 3 saturated heterocycles. The molecular weight excluding hydrogens is 422 g/mol. The van der Waals surface area contributed by atoms with Crippen molar-refractivity contribution < 1.29 is 14.3 Å². The number of nitrogens with zero attached hydrogens (tertiary/aromatic N) is 4. The number of piperidine rings is 2. The summed E-state index contributed by atoms with van der Waals surface area (Å²) in [5, 5.41) is 2.31. The number of likely N-dealkylation sites (tertiary alicyclic amines) is 2. The third-order valence-electron chi connectivity index (χ3n) is 7.16. The number of amides is 3. The number of hydrogen-bond donors (Lipinski definition) is 1. The number of ether oxygens (including phenoxy) is 1. The molecule has 3 aliphatic heterocycles. The van der Waals surface area contributed by atoms with E-state index in [-0.39, 0.29) is 24.4 Å². The van der Waals surface area contributed by atoms with Gasteiger partial charge in [-0.3, -0.25) is 14.9 Å². The van der Waals surface area contributed by atoms with Crippen molar-refractivity contribution in [1.29, 1.82) is 0 Å². The van der Waals surface area contributed by atoms with Gasteiger partial charge >= 0.3 is 6.03 Å². The number of imide groups is 1. The number of aromatic nitrogens is 1. The molecule has 3 aliphatic rings. The normalized spacial score (nSPS) is 22.0. The van der Waals surface area contributed by atoms with Gasteiger partial charge in [-0.15, -0.1) is 0 Å². The quantitative estimate of drug-likeness (QED) is 0.630. The summed E-state index contributed by atoms with van der Waals surface area (Å²) in [5.41, 5.74) is 0.502. The first-order valence-corrected chi connectivity index (χ1v) is 12.4. The summed E-state index contributed by atoms with van der Waals surface area (Å²) < 4.78 is 8.12. The Hall–Kier alpha value is -2.23. The average Bonchev–Trinajstić information content (AvgIpc) is 2.82. The Morgan fingerprint density at radius 3 is 2.24 bits per heavy atom. The molecule has 0 saturated carbocycles. The van der Waals surface area contributed by atoms with E-state index in [2.05, 4.69) is 22.0 Å². The van der Waals surface area contributed by atoms with E-state index in [1.54, 1.807) is 10.6 Å². The summed E-state index contributed by atoms with van der Waals surface area (Å²) in [6.07, 6.45) is 7.22. The molecule has 4 heterocycles. The van der Waals surface area contributed by atoms with Gasteiger partial charge in [0.05, 0.1) is 18.8 Å². The van der Waals surface area contributed by atoms with Crippen LogP contribution < -0.4 is 10.9 Å². The topological polar surface area (TPSA) is 87.1 Å². The smallest absolute Gasteiger partial charge is 0.324 e. The lowest BCUT2D eigenvalue weighted by atomic mass is 10.0. The summed E-state index contributed by atoms with van der Waals surface area (Å²) in [6, 6.07) is 3.19. The van der Waals surface area contributed by atoms with Crippen LogP contribution in [-0.2, 0) is 22.6 Å². The number of urea groups is 1. The van der Waals surface area contributed by atoms with Crippen molar-refractivity contribution in [1.82, 2.24) is 24.6 Å². The maximum absolute atomic E-state index is 12.9. The molecule has 3 amide bonds. The highest BCUT2D eigenvalue weighted by atomic mass is 16.5. The van der Waals surface area contributed by atoms with Crippen molar-refractivity contribution in [2.24, 2.45) is 0 Å². The molecular formula is C24H37N5O4. The molecule has 0 aliphatic carbocycles. The van der Waals surface area contributed by atoms with Crippen LogP contribution in [0.15, 0.2) is 23.1 Å². The lowest BCUT2D eigenvalue weighted by Gasteiger charge is -2.37. The van der Waals surface area contributed by atoms with Gasteiger partial charge in [0.1, 0.15) is 0 Å². The summed E-state index contributed by atoms with van der Waals surface area (Å²) in [7, 11) is 0. The van der Waals surface area contributed by atoms with Crippen molar-refractivity contribution in [3.05, 3.63) is 34.2 Å². The molecule has 182 valence electrons. The van der Waals surface area contributed by atoms with Crippen LogP contribution in [0.3, 0.4) is 0 Å². The number of hydrogen-bond acceptors (Lipinski definition) is 6. The Balaban J connectivity index is 1.21. The molecule has 1 N–H and O–H groups in total. The molecule has 0 aromatic carbocycles. The van der Waals surface area contributed by atoms with Crippen molar-refractivity contribution >= 4 is 11.9 Å². The predicted molar refractivity (Wildman–Crippen MR) is 125 cm³/mol. The second-order valence-electron chi connectivity index (χ2n) is 9.37. The molecule has 0 radical (unpaired) electrons. The van der Waals surface area contributed by atoms with E-state index in [0.717, 1.165) is 65.0 Å². The number of pyridine rings is 1. The summed E-state index contributed by atoms with van der Waals surface area (Å²) >= 11 is 0. The maximum atomic E-state index is 12.9. The van der Waals surface area contributed by atoms with Gasteiger partial charge in [0.2, 0.25) is 5.91 Å². The number of rotatable bonds is 8. The first kappa shape index (κ1) is 23.9. The average molecular weight is 460 g/mol. The zero-order valence-electron chi connectivity index (χ0n) is 19.7. The highest BCUT2D eigenvalue weighted by molar-refractivity contribution is 5.96. The molecule has 0 atom stereocenters. The van der Waals surface area contributed by atoms with E-state index in [1.165, 1.54) is 4.90 Å². The molecule has 33 heavy (non-hydrogen) atoms. The number of carbonyl (C=O) groups is 2. The standard InChI is InChI=1S/C24H37N5O4/c1-2-26-11-5-20(6-12-26)33-21-7-13-27(14-8-21)16-17-28-10-3-4-19(23(28)31)18-29-15-9-22(30)25-24(29)32/h3-4,10,20-21H,2,5-9,11-18H2,1H3,(H,25,30,32). The van der Waals surface area contributed by atoms with Crippen LogP contribution in [0.1, 0.15) is 44.6 Å². The van der Waals surface area contributed by atoms with Gasteiger partial charge in [-0.25, -0.2) is 4.79 Å². The Bertz CT molecular complexity index is 872. The van der Waals surface area contributed by atoms with Crippen molar-refractivity contribution in [2.45, 2.75) is 64.3 Å². The fourth-order valence-corrected chi connectivity index (χ4v) is 4.99. The van der Waals surface area contributed by atoms with Crippen molar-refractivity contribution in [3.8, 4) is 0 Å². The van der Waals surface area contributed by atoms with Crippen LogP contribution in [-0.4, -0.2) is 89.2 Å². The van der Waals surface area contributed by atoms with Crippen LogP contribution in [0.25, 0.3) is 0 Å².